The molecule has 0 radical (unpaired) electrons. The van der Waals surface area contributed by atoms with Gasteiger partial charge in [-0.1, -0.05) is 153 Å². The highest BCUT2D eigenvalue weighted by molar-refractivity contribution is 5.78. The van der Waals surface area contributed by atoms with Crippen LogP contribution in [0.25, 0.3) is 0 Å². The molecular formula is C36H56O3. The van der Waals surface area contributed by atoms with Gasteiger partial charge < -0.3 is 9.84 Å². The summed E-state index contributed by atoms with van der Waals surface area (Å²) in [5.74, 6) is -0.187. The molecule has 1 N–H and O–H groups in total. The van der Waals surface area contributed by atoms with Crippen LogP contribution in [0.3, 0.4) is 0 Å². The molecule has 2 atom stereocenters. The van der Waals surface area contributed by atoms with E-state index in [1.165, 1.54) is 89.9 Å². The minimum Gasteiger partial charge on any atom is -0.507 e. The number of ether oxygens (including phenoxy) is 1. The van der Waals surface area contributed by atoms with E-state index < -0.39 is 0 Å². The fourth-order valence-corrected chi connectivity index (χ4v) is 5.42. The first kappa shape index (κ1) is 32.9. The number of aryl methyl sites for hydroxylation is 1. The second-order valence-corrected chi connectivity index (χ2v) is 11.6. The predicted octanol–water partition coefficient (Wildman–Crippen LogP) is 10.8. The van der Waals surface area contributed by atoms with Gasteiger partial charge in [-0.05, 0) is 37.0 Å². The van der Waals surface area contributed by atoms with E-state index >= 15 is 0 Å². The molecule has 2 unspecified atom stereocenters. The van der Waals surface area contributed by atoms with Gasteiger partial charge in [-0.3, -0.25) is 4.79 Å². The van der Waals surface area contributed by atoms with Crippen LogP contribution in [0.5, 0.6) is 5.75 Å². The maximum absolute atomic E-state index is 12.8. The van der Waals surface area contributed by atoms with E-state index in [2.05, 4.69) is 26.0 Å². The van der Waals surface area contributed by atoms with E-state index in [0.29, 0.717) is 12.4 Å². The van der Waals surface area contributed by atoms with Crippen molar-refractivity contribution in [3.63, 3.8) is 0 Å². The monoisotopic (exact) mass is 536 g/mol. The zero-order valence-corrected chi connectivity index (χ0v) is 25.5. The summed E-state index contributed by atoms with van der Waals surface area (Å²) in [4.78, 5) is 12.8. The average molecular weight is 537 g/mol. The molecule has 0 fully saturated rings. The van der Waals surface area contributed by atoms with Crippen molar-refractivity contribution in [3.05, 3.63) is 64.7 Å². The Morgan fingerprint density at radius 1 is 0.718 bits per heavy atom. The maximum atomic E-state index is 12.8. The van der Waals surface area contributed by atoms with Crippen LogP contribution >= 0.6 is 0 Å². The number of esters is 1. The largest absolute Gasteiger partial charge is 0.507 e. The van der Waals surface area contributed by atoms with Gasteiger partial charge in [0.05, 0.1) is 12.5 Å². The smallest absolute Gasteiger partial charge is 0.313 e. The number of carbonyl (C=O) groups excluding carboxylic acids is 1. The Labute approximate surface area is 239 Å². The molecule has 2 rings (SSSR count). The Balaban J connectivity index is 1.57. The summed E-state index contributed by atoms with van der Waals surface area (Å²) < 4.78 is 5.63. The Hall–Kier alpha value is -2.29. The van der Waals surface area contributed by atoms with Gasteiger partial charge in [0.2, 0.25) is 0 Å². The van der Waals surface area contributed by atoms with Gasteiger partial charge >= 0.3 is 5.97 Å². The number of hydrogen-bond acceptors (Lipinski definition) is 3. The van der Waals surface area contributed by atoms with Gasteiger partial charge in [0.15, 0.2) is 0 Å². The van der Waals surface area contributed by atoms with Gasteiger partial charge in [-0.15, -0.1) is 0 Å². The van der Waals surface area contributed by atoms with Crippen LogP contribution < -0.4 is 0 Å². The quantitative estimate of drug-likeness (QED) is 0.127. The first-order valence-electron chi connectivity index (χ1n) is 16.0. The molecule has 0 aliphatic heterocycles. The number of unbranched alkanes of at least 4 members (excludes halogenated alkanes) is 15. The van der Waals surface area contributed by atoms with E-state index in [-0.39, 0.29) is 17.8 Å². The molecule has 3 nitrogen and oxygen atoms in total. The van der Waals surface area contributed by atoms with Gasteiger partial charge in [0, 0.05) is 11.5 Å². The third kappa shape index (κ3) is 12.6. The van der Waals surface area contributed by atoms with Gasteiger partial charge in [0.1, 0.15) is 5.75 Å². The minimum absolute atomic E-state index is 0.0400. The normalized spacial score (nSPS) is 12.8. The summed E-state index contributed by atoms with van der Waals surface area (Å²) in [7, 11) is 0. The molecule has 0 spiro atoms. The average Bonchev–Trinajstić information content (AvgIpc) is 2.95. The Bertz CT molecular complexity index is 920. The lowest BCUT2D eigenvalue weighted by molar-refractivity contribution is -0.145. The molecule has 2 aromatic carbocycles. The molecule has 0 aromatic heterocycles. The topological polar surface area (TPSA) is 46.5 Å². The molecule has 0 saturated heterocycles. The van der Waals surface area contributed by atoms with Crippen LogP contribution in [0.1, 0.15) is 158 Å². The molecule has 0 heterocycles. The number of phenols is 1. The standard InChI is InChI=1S/C36H56O3/c1-5-6-7-8-9-10-11-12-13-14-15-16-17-18-19-23-26-39-36(38)31(4)33-27-29(2)35(37)34(28-33)30(3)32-24-21-20-22-25-32/h20-22,24-25,27-28,30-31,37H,5-19,23,26H2,1-4H3. The second kappa shape index (κ2) is 19.7. The fraction of sp³-hybridized carbons (Fsp3) is 0.639. The first-order valence-corrected chi connectivity index (χ1v) is 16.0. The number of hydrogen-bond donors (Lipinski definition) is 1. The third-order valence-corrected chi connectivity index (χ3v) is 8.21. The van der Waals surface area contributed by atoms with E-state index in [9.17, 15) is 9.90 Å². The summed E-state index contributed by atoms with van der Waals surface area (Å²) in [6, 6.07) is 14.0. The van der Waals surface area contributed by atoms with Gasteiger partial charge in [-0.25, -0.2) is 0 Å². The van der Waals surface area contributed by atoms with Crippen LogP contribution in [-0.2, 0) is 9.53 Å². The van der Waals surface area contributed by atoms with Crippen LogP contribution in [0.4, 0.5) is 0 Å². The molecule has 0 aliphatic rings. The SMILES string of the molecule is CCCCCCCCCCCCCCCCCCOC(=O)C(C)c1cc(C)c(O)c(C(C)c2ccccc2)c1. The number of aromatic hydroxyl groups is 1. The predicted molar refractivity (Wildman–Crippen MR) is 166 cm³/mol. The van der Waals surface area contributed by atoms with Crippen LogP contribution in [0.15, 0.2) is 42.5 Å². The zero-order chi connectivity index (χ0) is 28.3. The van der Waals surface area contributed by atoms with Crippen molar-refractivity contribution in [2.75, 3.05) is 6.61 Å². The summed E-state index contributed by atoms with van der Waals surface area (Å²) in [5.41, 5.74) is 3.69. The zero-order valence-electron chi connectivity index (χ0n) is 25.5. The van der Waals surface area contributed by atoms with Crippen molar-refractivity contribution in [1.82, 2.24) is 0 Å². The minimum atomic E-state index is -0.355. The lowest BCUT2D eigenvalue weighted by atomic mass is 9.87. The highest BCUT2D eigenvalue weighted by Crippen LogP contribution is 2.36. The molecule has 0 amide bonds. The van der Waals surface area contributed by atoms with E-state index in [0.717, 1.165) is 35.1 Å². The maximum Gasteiger partial charge on any atom is 0.313 e. The molecule has 39 heavy (non-hydrogen) atoms. The summed E-state index contributed by atoms with van der Waals surface area (Å²) >= 11 is 0. The second-order valence-electron chi connectivity index (χ2n) is 11.6. The van der Waals surface area contributed by atoms with Crippen molar-refractivity contribution in [2.45, 2.75) is 142 Å². The Morgan fingerprint density at radius 2 is 1.21 bits per heavy atom. The van der Waals surface area contributed by atoms with E-state index in [4.69, 9.17) is 4.74 Å². The highest BCUT2D eigenvalue weighted by Gasteiger charge is 2.22. The van der Waals surface area contributed by atoms with Crippen molar-refractivity contribution in [3.8, 4) is 5.75 Å². The summed E-state index contributed by atoms with van der Waals surface area (Å²) in [6.45, 7) is 8.66. The number of rotatable bonds is 21. The van der Waals surface area contributed by atoms with E-state index in [1.54, 1.807) is 0 Å². The van der Waals surface area contributed by atoms with Crippen LogP contribution in [-0.4, -0.2) is 17.7 Å². The lowest BCUT2D eigenvalue weighted by Gasteiger charge is -2.19. The highest BCUT2D eigenvalue weighted by atomic mass is 16.5. The van der Waals surface area contributed by atoms with Crippen molar-refractivity contribution < 1.29 is 14.6 Å². The molecule has 2 aromatic rings. The Morgan fingerprint density at radius 3 is 1.72 bits per heavy atom. The molecule has 0 bridgehead atoms. The molecule has 0 aliphatic carbocycles. The fourth-order valence-electron chi connectivity index (χ4n) is 5.42. The van der Waals surface area contributed by atoms with Gasteiger partial charge in [-0.2, -0.15) is 0 Å². The summed E-state index contributed by atoms with van der Waals surface area (Å²) in [5, 5.41) is 10.7. The van der Waals surface area contributed by atoms with Crippen molar-refractivity contribution in [2.24, 2.45) is 0 Å². The van der Waals surface area contributed by atoms with Crippen molar-refractivity contribution >= 4 is 5.97 Å². The van der Waals surface area contributed by atoms with Crippen molar-refractivity contribution in [1.29, 1.82) is 0 Å². The number of benzene rings is 2. The van der Waals surface area contributed by atoms with Gasteiger partial charge in [0.25, 0.3) is 0 Å². The molecule has 218 valence electrons. The molecule has 0 saturated carbocycles. The Kier molecular flexibility index (Phi) is 16.6. The number of phenolic OH excluding ortho intramolecular Hbond substituents is 1. The third-order valence-electron chi connectivity index (χ3n) is 8.21. The lowest BCUT2D eigenvalue weighted by Crippen LogP contribution is -2.15. The van der Waals surface area contributed by atoms with Crippen LogP contribution in [0, 0.1) is 6.92 Å². The van der Waals surface area contributed by atoms with Crippen LogP contribution in [0.2, 0.25) is 0 Å². The molecular weight excluding hydrogens is 480 g/mol. The first-order chi connectivity index (χ1) is 19.0. The molecule has 3 heteroatoms. The number of carbonyl (C=O) groups is 1. The summed E-state index contributed by atoms with van der Waals surface area (Å²) in [6.07, 6.45) is 21.3. The van der Waals surface area contributed by atoms with E-state index in [1.807, 2.05) is 44.2 Å².